The first-order chi connectivity index (χ1) is 9.56. The van der Waals surface area contributed by atoms with Crippen LogP contribution in [0.1, 0.15) is 35.1 Å². The zero-order chi connectivity index (χ0) is 14.7. The molecule has 0 atom stereocenters. The molecule has 0 amide bonds. The second kappa shape index (κ2) is 5.34. The minimum atomic E-state index is -0.336. The smallest absolute Gasteiger partial charge is 0.119 e. The van der Waals surface area contributed by atoms with Gasteiger partial charge in [0, 0.05) is 17.0 Å². The van der Waals surface area contributed by atoms with Gasteiger partial charge in [0.2, 0.25) is 0 Å². The number of aromatic hydroxyl groups is 2. The van der Waals surface area contributed by atoms with Crippen LogP contribution >= 0.6 is 0 Å². The monoisotopic (exact) mass is 264 g/mol. The van der Waals surface area contributed by atoms with Gasteiger partial charge in [0.15, 0.2) is 0 Å². The van der Waals surface area contributed by atoms with Crippen LogP contribution in [0.5, 0.6) is 11.5 Å². The highest BCUT2D eigenvalue weighted by atomic mass is 16.3. The van der Waals surface area contributed by atoms with Gasteiger partial charge in [-0.1, -0.05) is 6.92 Å². The Morgan fingerprint density at radius 3 is 1.60 bits per heavy atom. The van der Waals surface area contributed by atoms with Gasteiger partial charge in [-0.3, -0.25) is 0 Å². The van der Waals surface area contributed by atoms with Crippen LogP contribution in [-0.2, 0) is 0 Å². The molecule has 0 radical (unpaired) electrons. The minimum absolute atomic E-state index is 0.0539. The topological polar surface area (TPSA) is 88.0 Å². The van der Waals surface area contributed by atoms with Crippen LogP contribution in [0.4, 0.5) is 0 Å². The second-order valence-electron chi connectivity index (χ2n) is 4.49. The average Bonchev–Trinajstić information content (AvgIpc) is 2.47. The highest BCUT2D eigenvalue weighted by Crippen LogP contribution is 2.36. The summed E-state index contributed by atoms with van der Waals surface area (Å²) < 4.78 is 0. The van der Waals surface area contributed by atoms with E-state index in [1.54, 1.807) is 19.1 Å². The summed E-state index contributed by atoms with van der Waals surface area (Å²) in [5, 5.41) is 37.7. The fourth-order valence-corrected chi connectivity index (χ4v) is 2.11. The van der Waals surface area contributed by atoms with Crippen molar-refractivity contribution in [1.29, 1.82) is 10.5 Å². The molecule has 0 aromatic heterocycles. The van der Waals surface area contributed by atoms with Crippen molar-refractivity contribution in [2.24, 2.45) is 0 Å². The maximum absolute atomic E-state index is 9.92. The molecule has 0 aliphatic heterocycles. The number of nitrogens with zero attached hydrogens (tertiary/aromatic N) is 2. The first-order valence-electron chi connectivity index (χ1n) is 6.03. The molecule has 98 valence electrons. The Kier molecular flexibility index (Phi) is 3.59. The van der Waals surface area contributed by atoms with E-state index in [0.29, 0.717) is 22.3 Å². The Balaban J connectivity index is 2.54. The van der Waals surface area contributed by atoms with Gasteiger partial charge in [-0.2, -0.15) is 10.5 Å². The van der Waals surface area contributed by atoms with E-state index in [4.69, 9.17) is 10.5 Å². The molecule has 4 nitrogen and oxygen atoms in total. The Morgan fingerprint density at radius 1 is 0.850 bits per heavy atom. The third kappa shape index (κ3) is 2.41. The number of hydrogen-bond acceptors (Lipinski definition) is 4. The highest BCUT2D eigenvalue weighted by molar-refractivity contribution is 5.51. The van der Waals surface area contributed by atoms with E-state index in [9.17, 15) is 10.2 Å². The van der Waals surface area contributed by atoms with Crippen molar-refractivity contribution in [2.45, 2.75) is 12.8 Å². The lowest BCUT2D eigenvalue weighted by molar-refractivity contribution is 0.456. The summed E-state index contributed by atoms with van der Waals surface area (Å²) >= 11 is 0. The predicted molar refractivity (Wildman–Crippen MR) is 73.2 cm³/mol. The summed E-state index contributed by atoms with van der Waals surface area (Å²) in [6.45, 7) is 1.80. The molecule has 0 saturated carbocycles. The van der Waals surface area contributed by atoms with Crippen LogP contribution in [0.25, 0.3) is 0 Å². The molecule has 4 heteroatoms. The minimum Gasteiger partial charge on any atom is -0.508 e. The Labute approximate surface area is 116 Å². The van der Waals surface area contributed by atoms with E-state index in [0.717, 1.165) is 0 Å². The van der Waals surface area contributed by atoms with E-state index in [1.165, 1.54) is 24.3 Å². The molecule has 0 unspecified atom stereocenters. The maximum atomic E-state index is 9.92. The average molecular weight is 264 g/mol. The van der Waals surface area contributed by atoms with Gasteiger partial charge < -0.3 is 10.2 Å². The van der Waals surface area contributed by atoms with E-state index < -0.39 is 0 Å². The number of phenolic OH excluding ortho intramolecular Hbond substituents is 2. The summed E-state index contributed by atoms with van der Waals surface area (Å²) in [5.41, 5.74) is 1.94. The van der Waals surface area contributed by atoms with Crippen LogP contribution in [0.15, 0.2) is 36.4 Å². The lowest BCUT2D eigenvalue weighted by atomic mass is 9.90. The third-order valence-corrected chi connectivity index (χ3v) is 3.25. The van der Waals surface area contributed by atoms with Gasteiger partial charge in [-0.25, -0.2) is 0 Å². The summed E-state index contributed by atoms with van der Waals surface area (Å²) in [7, 11) is 0. The van der Waals surface area contributed by atoms with Crippen molar-refractivity contribution in [2.75, 3.05) is 0 Å². The lowest BCUT2D eigenvalue weighted by Crippen LogP contribution is -1.98. The molecule has 0 aliphatic rings. The second-order valence-corrected chi connectivity index (χ2v) is 4.49. The summed E-state index contributed by atoms with van der Waals surface area (Å²) in [4.78, 5) is 0. The van der Waals surface area contributed by atoms with Crippen LogP contribution in [0.2, 0.25) is 0 Å². The molecule has 0 fully saturated rings. The van der Waals surface area contributed by atoms with Crippen LogP contribution in [0.3, 0.4) is 0 Å². The number of nitriles is 2. The standard InChI is InChI=1S/C16H12N2O2/c1-10(13-6-11(8-17)2-4-15(13)19)14-7-12(9-18)3-5-16(14)20/h2-7,10,19-20H,1H3. The van der Waals surface area contributed by atoms with E-state index >= 15 is 0 Å². The van der Waals surface area contributed by atoms with Crippen molar-refractivity contribution < 1.29 is 10.2 Å². The molecule has 2 rings (SSSR count). The van der Waals surface area contributed by atoms with Crippen LogP contribution in [0, 0.1) is 22.7 Å². The van der Waals surface area contributed by atoms with Crippen molar-refractivity contribution in [1.82, 2.24) is 0 Å². The molecule has 0 saturated heterocycles. The third-order valence-electron chi connectivity index (χ3n) is 3.25. The highest BCUT2D eigenvalue weighted by Gasteiger charge is 2.17. The van der Waals surface area contributed by atoms with Gasteiger partial charge in [0.05, 0.1) is 23.3 Å². The van der Waals surface area contributed by atoms with E-state index in [1.807, 2.05) is 12.1 Å². The number of hydrogen-bond donors (Lipinski definition) is 2. The molecule has 2 N–H and O–H groups in total. The Hall–Kier alpha value is -2.98. The van der Waals surface area contributed by atoms with E-state index in [2.05, 4.69) is 0 Å². The van der Waals surface area contributed by atoms with Crippen molar-refractivity contribution >= 4 is 0 Å². The lowest BCUT2D eigenvalue weighted by Gasteiger charge is -2.16. The fraction of sp³-hybridized carbons (Fsp3) is 0.125. The predicted octanol–water partition coefficient (Wildman–Crippen LogP) is 2.99. The first-order valence-corrected chi connectivity index (χ1v) is 6.03. The quantitative estimate of drug-likeness (QED) is 0.872. The van der Waals surface area contributed by atoms with Crippen molar-refractivity contribution in [3.05, 3.63) is 58.7 Å². The largest absolute Gasteiger partial charge is 0.508 e. The number of phenols is 2. The van der Waals surface area contributed by atoms with E-state index in [-0.39, 0.29) is 17.4 Å². The molecule has 0 spiro atoms. The normalized spacial score (nSPS) is 10.0. The van der Waals surface area contributed by atoms with Gasteiger partial charge in [0.1, 0.15) is 11.5 Å². The summed E-state index contributed by atoms with van der Waals surface area (Å²) in [5.74, 6) is -0.229. The summed E-state index contributed by atoms with van der Waals surface area (Å²) in [6.07, 6.45) is 0. The maximum Gasteiger partial charge on any atom is 0.119 e. The van der Waals surface area contributed by atoms with Crippen molar-refractivity contribution in [3.63, 3.8) is 0 Å². The zero-order valence-electron chi connectivity index (χ0n) is 10.8. The van der Waals surface area contributed by atoms with Gasteiger partial charge in [0.25, 0.3) is 0 Å². The van der Waals surface area contributed by atoms with Crippen LogP contribution < -0.4 is 0 Å². The summed E-state index contributed by atoms with van der Waals surface area (Å²) in [6, 6.07) is 13.1. The zero-order valence-corrected chi connectivity index (χ0v) is 10.8. The molecular weight excluding hydrogens is 252 g/mol. The van der Waals surface area contributed by atoms with Crippen LogP contribution in [-0.4, -0.2) is 10.2 Å². The van der Waals surface area contributed by atoms with Gasteiger partial charge in [-0.15, -0.1) is 0 Å². The van der Waals surface area contributed by atoms with Gasteiger partial charge >= 0.3 is 0 Å². The molecule has 0 bridgehead atoms. The molecule has 0 aliphatic carbocycles. The Bertz CT molecular complexity index is 676. The molecular formula is C16H12N2O2. The van der Waals surface area contributed by atoms with Crippen molar-refractivity contribution in [3.8, 4) is 23.6 Å². The fourth-order valence-electron chi connectivity index (χ4n) is 2.11. The molecule has 2 aromatic rings. The van der Waals surface area contributed by atoms with Gasteiger partial charge in [-0.05, 0) is 36.4 Å². The molecule has 20 heavy (non-hydrogen) atoms. The molecule has 0 heterocycles. The Morgan fingerprint density at radius 2 is 1.25 bits per heavy atom. The number of rotatable bonds is 2. The molecule has 2 aromatic carbocycles. The number of benzene rings is 2. The SMILES string of the molecule is CC(c1cc(C#N)ccc1O)c1cc(C#N)ccc1O. The first kappa shape index (κ1) is 13.5.